The Labute approximate surface area is 70.0 Å². The Morgan fingerprint density at radius 1 is 0.556 bits per heavy atom. The summed E-state index contributed by atoms with van der Waals surface area (Å²) in [5.74, 6) is 0. The fourth-order valence-corrected chi connectivity index (χ4v) is 0. The van der Waals surface area contributed by atoms with Gasteiger partial charge in [-0.25, -0.2) is 0 Å². The van der Waals surface area contributed by atoms with Gasteiger partial charge in [-0.3, -0.25) is 0 Å². The maximum atomic E-state index is 2.00. The lowest BCUT2D eigenvalue weighted by atomic mass is 11.0. The minimum Gasteiger partial charge on any atom is -0.312 e. The lowest BCUT2D eigenvalue weighted by Crippen LogP contribution is -1.99. The summed E-state index contributed by atoms with van der Waals surface area (Å²) in [6.45, 7) is 0. The van der Waals surface area contributed by atoms with Crippen LogP contribution in [0.25, 0.3) is 0 Å². The molecule has 0 atom stereocenters. The SMILES string of the molecule is CN(C)C.CN(C)C.[AlH3]. The average molecular weight is 148 g/mol. The van der Waals surface area contributed by atoms with Crippen molar-refractivity contribution >= 4 is 17.4 Å². The highest BCUT2D eigenvalue weighted by Gasteiger charge is 1.58. The molecule has 0 rings (SSSR count). The largest absolute Gasteiger partial charge is 0.312 e. The molecule has 0 saturated carbocycles. The molecule has 0 aliphatic carbocycles. The van der Waals surface area contributed by atoms with Crippen LogP contribution in [0.1, 0.15) is 0 Å². The molecule has 0 bridgehead atoms. The molecular weight excluding hydrogens is 127 g/mol. The molecule has 0 spiro atoms. The van der Waals surface area contributed by atoms with Gasteiger partial charge in [-0.2, -0.15) is 0 Å². The van der Waals surface area contributed by atoms with Crippen LogP contribution in [-0.2, 0) is 0 Å². The Morgan fingerprint density at radius 3 is 0.556 bits per heavy atom. The van der Waals surface area contributed by atoms with Crippen molar-refractivity contribution < 1.29 is 0 Å². The highest BCUT2D eigenvalue weighted by atomic mass is 27.0. The number of hydrogen-bond acceptors (Lipinski definition) is 2. The molecule has 0 unspecified atom stereocenters. The minimum absolute atomic E-state index is 0. The van der Waals surface area contributed by atoms with E-state index in [1.165, 1.54) is 0 Å². The molecular formula is C6H21AlN2. The van der Waals surface area contributed by atoms with Crippen LogP contribution in [0.3, 0.4) is 0 Å². The first-order chi connectivity index (χ1) is 3.46. The number of nitrogens with zero attached hydrogens (tertiary/aromatic N) is 2. The van der Waals surface area contributed by atoms with E-state index < -0.39 is 0 Å². The molecule has 0 fully saturated rings. The fraction of sp³-hybridized carbons (Fsp3) is 1.00. The van der Waals surface area contributed by atoms with Gasteiger partial charge < -0.3 is 9.80 Å². The topological polar surface area (TPSA) is 6.48 Å². The molecule has 0 aromatic carbocycles. The standard InChI is InChI=1S/2C3H9N.Al.3H/c2*1-4(2)3;;;;/h2*1-3H3;;;;. The van der Waals surface area contributed by atoms with E-state index in [0.717, 1.165) is 0 Å². The van der Waals surface area contributed by atoms with Crippen molar-refractivity contribution in [1.29, 1.82) is 0 Å². The summed E-state index contributed by atoms with van der Waals surface area (Å²) in [5.41, 5.74) is 0. The summed E-state index contributed by atoms with van der Waals surface area (Å²) in [7, 11) is 12.0. The summed E-state index contributed by atoms with van der Waals surface area (Å²) in [6, 6.07) is 0. The second-order valence-electron chi connectivity index (χ2n) is 2.68. The minimum atomic E-state index is 0. The van der Waals surface area contributed by atoms with E-state index in [0.29, 0.717) is 0 Å². The van der Waals surface area contributed by atoms with Gasteiger partial charge in [0.25, 0.3) is 0 Å². The van der Waals surface area contributed by atoms with Crippen molar-refractivity contribution in [3.05, 3.63) is 0 Å². The third kappa shape index (κ3) is 1720. The van der Waals surface area contributed by atoms with Crippen molar-refractivity contribution in [2.75, 3.05) is 42.3 Å². The second kappa shape index (κ2) is 11.3. The maximum absolute atomic E-state index is 2.00. The zero-order chi connectivity index (χ0) is 7.15. The normalized spacial score (nSPS) is 8.00. The highest BCUT2D eigenvalue weighted by molar-refractivity contribution is 5.75. The van der Waals surface area contributed by atoms with Crippen LogP contribution in [0, 0.1) is 0 Å². The first-order valence-corrected chi connectivity index (χ1v) is 2.68. The first kappa shape index (κ1) is 16.2. The Kier molecular flexibility index (Phi) is 20.3. The molecule has 9 heavy (non-hydrogen) atoms. The van der Waals surface area contributed by atoms with Gasteiger partial charge in [0.2, 0.25) is 0 Å². The molecule has 0 aromatic rings. The molecule has 0 amide bonds. The van der Waals surface area contributed by atoms with Gasteiger partial charge in [0.15, 0.2) is 17.4 Å². The number of hydrogen-bond donors (Lipinski definition) is 0. The highest BCUT2D eigenvalue weighted by Crippen LogP contribution is 1.48. The molecule has 0 saturated heterocycles. The van der Waals surface area contributed by atoms with Crippen molar-refractivity contribution in [2.45, 2.75) is 0 Å². The van der Waals surface area contributed by atoms with Gasteiger partial charge in [0, 0.05) is 0 Å². The van der Waals surface area contributed by atoms with E-state index in [9.17, 15) is 0 Å². The Hall–Kier alpha value is 0.452. The van der Waals surface area contributed by atoms with Crippen LogP contribution in [-0.4, -0.2) is 69.4 Å². The summed E-state index contributed by atoms with van der Waals surface area (Å²) < 4.78 is 0. The Morgan fingerprint density at radius 2 is 0.556 bits per heavy atom. The van der Waals surface area contributed by atoms with Crippen LogP contribution in [0.4, 0.5) is 0 Å². The van der Waals surface area contributed by atoms with E-state index in [4.69, 9.17) is 0 Å². The first-order valence-electron chi connectivity index (χ1n) is 2.68. The lowest BCUT2D eigenvalue weighted by molar-refractivity contribution is 0.505. The van der Waals surface area contributed by atoms with Gasteiger partial charge in [0.1, 0.15) is 0 Å². The van der Waals surface area contributed by atoms with E-state index in [1.54, 1.807) is 0 Å². The van der Waals surface area contributed by atoms with Crippen LogP contribution in [0.2, 0.25) is 0 Å². The average Bonchev–Trinajstić information content (AvgIpc) is 1.25. The molecule has 0 aliphatic rings. The predicted molar refractivity (Wildman–Crippen MR) is 49.2 cm³/mol. The summed E-state index contributed by atoms with van der Waals surface area (Å²) >= 11 is 0. The van der Waals surface area contributed by atoms with E-state index >= 15 is 0 Å². The molecule has 2 nitrogen and oxygen atoms in total. The zero-order valence-electron chi connectivity index (χ0n) is 6.89. The van der Waals surface area contributed by atoms with Crippen LogP contribution >= 0.6 is 0 Å². The Bertz CT molecular complexity index is 26.5. The molecule has 3 heteroatoms. The van der Waals surface area contributed by atoms with Gasteiger partial charge in [-0.15, -0.1) is 0 Å². The molecule has 0 heterocycles. The van der Waals surface area contributed by atoms with Crippen molar-refractivity contribution in [3.63, 3.8) is 0 Å². The molecule has 58 valence electrons. The summed E-state index contributed by atoms with van der Waals surface area (Å²) in [5, 5.41) is 0. The Balaban J connectivity index is -0.0000000720. The van der Waals surface area contributed by atoms with Crippen molar-refractivity contribution in [1.82, 2.24) is 9.80 Å². The summed E-state index contributed by atoms with van der Waals surface area (Å²) in [4.78, 5) is 4.00. The zero-order valence-corrected chi connectivity index (χ0v) is 6.89. The smallest absolute Gasteiger partial charge is 0.187 e. The van der Waals surface area contributed by atoms with Gasteiger partial charge >= 0.3 is 0 Å². The van der Waals surface area contributed by atoms with E-state index in [1.807, 2.05) is 52.1 Å². The van der Waals surface area contributed by atoms with E-state index in [2.05, 4.69) is 0 Å². The predicted octanol–water partition coefficient (Wildman–Crippen LogP) is -0.828. The summed E-state index contributed by atoms with van der Waals surface area (Å²) in [6.07, 6.45) is 0. The van der Waals surface area contributed by atoms with Crippen molar-refractivity contribution in [3.8, 4) is 0 Å². The maximum Gasteiger partial charge on any atom is 0.187 e. The monoisotopic (exact) mass is 148 g/mol. The van der Waals surface area contributed by atoms with Crippen molar-refractivity contribution in [2.24, 2.45) is 0 Å². The molecule has 0 aromatic heterocycles. The third-order valence-corrected chi connectivity index (χ3v) is 0. The third-order valence-electron chi connectivity index (χ3n) is 0. The van der Waals surface area contributed by atoms with Crippen LogP contribution < -0.4 is 0 Å². The van der Waals surface area contributed by atoms with Crippen LogP contribution in [0.15, 0.2) is 0 Å². The van der Waals surface area contributed by atoms with Gasteiger partial charge in [0.05, 0.1) is 0 Å². The molecule has 0 N–H and O–H groups in total. The van der Waals surface area contributed by atoms with Crippen LogP contribution in [0.5, 0.6) is 0 Å². The second-order valence-corrected chi connectivity index (χ2v) is 2.68. The quantitative estimate of drug-likeness (QED) is 0.414. The molecule has 0 radical (unpaired) electrons. The lowest BCUT2D eigenvalue weighted by Gasteiger charge is -1.90. The van der Waals surface area contributed by atoms with Gasteiger partial charge in [-0.1, -0.05) is 0 Å². The van der Waals surface area contributed by atoms with Gasteiger partial charge in [-0.05, 0) is 42.3 Å². The molecule has 0 aliphatic heterocycles. The number of rotatable bonds is 0. The fourth-order valence-electron chi connectivity index (χ4n) is 0. The van der Waals surface area contributed by atoms with E-state index in [-0.39, 0.29) is 17.4 Å².